The molecular weight excluding hydrogens is 400 g/mol. The fourth-order valence-electron chi connectivity index (χ4n) is 3.94. The Kier molecular flexibility index (Phi) is 6.11. The molecule has 164 valence electrons. The van der Waals surface area contributed by atoms with Crippen LogP contribution >= 0.6 is 0 Å². The third kappa shape index (κ3) is 4.21. The highest BCUT2D eigenvalue weighted by Crippen LogP contribution is 2.32. The maximum Gasteiger partial charge on any atom is 0.321 e. The van der Waals surface area contributed by atoms with Crippen molar-refractivity contribution < 1.29 is 23.5 Å². The van der Waals surface area contributed by atoms with Crippen LogP contribution < -0.4 is 15.0 Å². The molecule has 0 bridgehead atoms. The lowest BCUT2D eigenvalue weighted by molar-refractivity contribution is -0.153. The number of nitrogens with zero attached hydrogens (tertiary/aromatic N) is 3. The zero-order chi connectivity index (χ0) is 21.8. The number of nitrogens with one attached hydrogen (secondary N) is 1. The SMILES string of the molecule is CCOC(=O)[C@@H]1C(=O)NC(N2CCN(c3ccccc3OC)CC2)=N[C@H]1c1ccco1. The number of carbonyl (C=O) groups is 2. The Morgan fingerprint density at radius 1 is 1.16 bits per heavy atom. The number of esters is 1. The summed E-state index contributed by atoms with van der Waals surface area (Å²) >= 11 is 0. The predicted octanol–water partition coefficient (Wildman–Crippen LogP) is 1.82. The number of carbonyl (C=O) groups excluding carboxylic acids is 2. The van der Waals surface area contributed by atoms with Crippen LogP contribution in [-0.2, 0) is 14.3 Å². The second kappa shape index (κ2) is 9.11. The molecule has 0 saturated carbocycles. The smallest absolute Gasteiger partial charge is 0.321 e. The van der Waals surface area contributed by atoms with Crippen LogP contribution in [-0.4, -0.2) is 62.6 Å². The lowest BCUT2D eigenvalue weighted by Crippen LogP contribution is -2.57. The number of piperazine rings is 1. The molecule has 1 aromatic carbocycles. The first-order valence-corrected chi connectivity index (χ1v) is 10.3. The van der Waals surface area contributed by atoms with E-state index in [9.17, 15) is 9.59 Å². The molecule has 2 aromatic rings. The number of rotatable bonds is 5. The molecule has 3 heterocycles. The number of hydrogen-bond acceptors (Lipinski definition) is 8. The highest BCUT2D eigenvalue weighted by atomic mass is 16.5. The molecule has 0 unspecified atom stereocenters. The van der Waals surface area contributed by atoms with Gasteiger partial charge in [0, 0.05) is 26.2 Å². The molecule has 9 heteroatoms. The van der Waals surface area contributed by atoms with Gasteiger partial charge >= 0.3 is 5.97 Å². The molecular formula is C22H26N4O5. The molecule has 1 N–H and O–H groups in total. The Hall–Kier alpha value is -3.49. The minimum absolute atomic E-state index is 0.189. The Bertz CT molecular complexity index is 951. The van der Waals surface area contributed by atoms with Gasteiger partial charge in [0.25, 0.3) is 0 Å². The summed E-state index contributed by atoms with van der Waals surface area (Å²) in [7, 11) is 1.66. The Morgan fingerprint density at radius 3 is 2.58 bits per heavy atom. The molecule has 1 fully saturated rings. The van der Waals surface area contributed by atoms with Crippen LogP contribution in [0, 0.1) is 5.92 Å². The summed E-state index contributed by atoms with van der Waals surface area (Å²) in [5.74, 6) is -0.383. The number of hydrogen-bond donors (Lipinski definition) is 1. The molecule has 9 nitrogen and oxygen atoms in total. The van der Waals surface area contributed by atoms with Crippen LogP contribution in [0.25, 0.3) is 0 Å². The van der Waals surface area contributed by atoms with Crippen molar-refractivity contribution in [2.45, 2.75) is 13.0 Å². The summed E-state index contributed by atoms with van der Waals surface area (Å²) in [5, 5.41) is 2.80. The summed E-state index contributed by atoms with van der Waals surface area (Å²) in [6.45, 7) is 4.69. The zero-order valence-corrected chi connectivity index (χ0v) is 17.6. The molecule has 1 saturated heterocycles. The van der Waals surface area contributed by atoms with Gasteiger partial charge in [-0.05, 0) is 31.2 Å². The Labute approximate surface area is 180 Å². The van der Waals surface area contributed by atoms with Gasteiger partial charge in [0.05, 0.1) is 25.7 Å². The third-order valence-corrected chi connectivity index (χ3v) is 5.47. The molecule has 2 aliphatic heterocycles. The van der Waals surface area contributed by atoms with Crippen molar-refractivity contribution in [3.63, 3.8) is 0 Å². The Balaban J connectivity index is 1.52. The number of amides is 1. The van der Waals surface area contributed by atoms with Gasteiger partial charge in [-0.15, -0.1) is 0 Å². The Morgan fingerprint density at radius 2 is 1.90 bits per heavy atom. The van der Waals surface area contributed by atoms with E-state index in [1.54, 1.807) is 26.2 Å². The molecule has 0 aliphatic carbocycles. The average Bonchev–Trinajstić information content (AvgIpc) is 3.33. The maximum absolute atomic E-state index is 12.9. The largest absolute Gasteiger partial charge is 0.495 e. The number of ether oxygens (including phenoxy) is 2. The van der Waals surface area contributed by atoms with Gasteiger partial charge in [0.2, 0.25) is 11.9 Å². The first-order valence-electron chi connectivity index (χ1n) is 10.3. The van der Waals surface area contributed by atoms with E-state index in [1.165, 1.54) is 6.26 Å². The highest BCUT2D eigenvalue weighted by Gasteiger charge is 2.43. The summed E-state index contributed by atoms with van der Waals surface area (Å²) in [6.07, 6.45) is 1.51. The number of para-hydroxylation sites is 2. The minimum Gasteiger partial charge on any atom is -0.495 e. The molecule has 1 amide bonds. The standard InChI is InChI=1S/C22H26N4O5/c1-3-30-21(28)18-19(17-9-6-14-31-17)23-22(24-20(18)27)26-12-10-25(11-13-26)15-7-4-5-8-16(15)29-2/h4-9,14,18-19H,3,10-13H2,1-2H3,(H,23,24,27)/t18-,19-/m0/s1. The molecule has 2 atom stereocenters. The number of guanidine groups is 1. The monoisotopic (exact) mass is 426 g/mol. The van der Waals surface area contributed by atoms with Crippen LogP contribution in [0.4, 0.5) is 5.69 Å². The second-order valence-electron chi connectivity index (χ2n) is 7.28. The zero-order valence-electron chi connectivity index (χ0n) is 17.6. The van der Waals surface area contributed by atoms with E-state index in [2.05, 4.69) is 15.2 Å². The first-order chi connectivity index (χ1) is 15.1. The van der Waals surface area contributed by atoms with Crippen LogP contribution in [0.15, 0.2) is 52.1 Å². The molecule has 0 spiro atoms. The van der Waals surface area contributed by atoms with E-state index in [0.29, 0.717) is 24.8 Å². The van der Waals surface area contributed by atoms with Gasteiger partial charge in [-0.25, -0.2) is 4.99 Å². The number of methoxy groups -OCH3 is 1. The summed E-state index contributed by atoms with van der Waals surface area (Å²) < 4.78 is 16.1. The third-order valence-electron chi connectivity index (χ3n) is 5.47. The molecule has 31 heavy (non-hydrogen) atoms. The quantitative estimate of drug-likeness (QED) is 0.575. The average molecular weight is 426 g/mol. The summed E-state index contributed by atoms with van der Waals surface area (Å²) in [6, 6.07) is 10.6. The number of anilines is 1. The minimum atomic E-state index is -1.08. The highest BCUT2D eigenvalue weighted by molar-refractivity contribution is 6.08. The van der Waals surface area contributed by atoms with E-state index in [4.69, 9.17) is 13.9 Å². The fourth-order valence-corrected chi connectivity index (χ4v) is 3.94. The van der Waals surface area contributed by atoms with Crippen molar-refractivity contribution in [3.8, 4) is 5.75 Å². The summed E-state index contributed by atoms with van der Waals surface area (Å²) in [5.41, 5.74) is 1.04. The molecule has 2 aliphatic rings. The molecule has 4 rings (SSSR count). The van der Waals surface area contributed by atoms with E-state index in [-0.39, 0.29) is 6.61 Å². The molecule has 0 radical (unpaired) electrons. The van der Waals surface area contributed by atoms with Crippen molar-refractivity contribution in [3.05, 3.63) is 48.4 Å². The van der Waals surface area contributed by atoms with Crippen molar-refractivity contribution in [2.75, 3.05) is 44.8 Å². The van der Waals surface area contributed by atoms with Crippen molar-refractivity contribution in [1.29, 1.82) is 0 Å². The van der Waals surface area contributed by atoms with E-state index in [0.717, 1.165) is 24.5 Å². The van der Waals surface area contributed by atoms with Crippen molar-refractivity contribution in [1.82, 2.24) is 10.2 Å². The van der Waals surface area contributed by atoms with Gasteiger partial charge in [0.1, 0.15) is 17.6 Å². The maximum atomic E-state index is 12.9. The van der Waals surface area contributed by atoms with Crippen LogP contribution in [0.2, 0.25) is 0 Å². The van der Waals surface area contributed by atoms with Gasteiger partial charge in [0.15, 0.2) is 5.92 Å². The van der Waals surface area contributed by atoms with E-state index in [1.807, 2.05) is 29.2 Å². The second-order valence-corrected chi connectivity index (χ2v) is 7.28. The first kappa shape index (κ1) is 20.8. The van der Waals surface area contributed by atoms with E-state index >= 15 is 0 Å². The lowest BCUT2D eigenvalue weighted by atomic mass is 9.95. The van der Waals surface area contributed by atoms with Crippen LogP contribution in [0.5, 0.6) is 5.75 Å². The molecule has 1 aromatic heterocycles. The normalized spacial score (nSPS) is 21.4. The van der Waals surface area contributed by atoms with Crippen molar-refractivity contribution >= 4 is 23.5 Å². The van der Waals surface area contributed by atoms with Gasteiger partial charge in [-0.1, -0.05) is 12.1 Å². The van der Waals surface area contributed by atoms with Gasteiger partial charge in [-0.2, -0.15) is 0 Å². The lowest BCUT2D eigenvalue weighted by Gasteiger charge is -2.39. The van der Waals surface area contributed by atoms with Crippen LogP contribution in [0.3, 0.4) is 0 Å². The predicted molar refractivity (Wildman–Crippen MR) is 114 cm³/mol. The van der Waals surface area contributed by atoms with Gasteiger partial charge in [-0.3, -0.25) is 14.9 Å². The van der Waals surface area contributed by atoms with E-state index < -0.39 is 23.8 Å². The summed E-state index contributed by atoms with van der Waals surface area (Å²) in [4.78, 5) is 34.2. The number of aliphatic imine (C=N–C) groups is 1. The number of furan rings is 1. The van der Waals surface area contributed by atoms with Gasteiger partial charge < -0.3 is 23.7 Å². The van der Waals surface area contributed by atoms with Crippen LogP contribution in [0.1, 0.15) is 18.7 Å². The topological polar surface area (TPSA) is 96.6 Å². The number of benzene rings is 1. The fraction of sp³-hybridized carbons (Fsp3) is 0.409. The van der Waals surface area contributed by atoms with Crippen molar-refractivity contribution in [2.24, 2.45) is 10.9 Å².